The second-order valence-electron chi connectivity index (χ2n) is 5.00. The van der Waals surface area contributed by atoms with Crippen molar-refractivity contribution in [3.8, 4) is 0 Å². The molecule has 4 nitrogen and oxygen atoms in total. The van der Waals surface area contributed by atoms with Crippen molar-refractivity contribution in [1.29, 1.82) is 0 Å². The van der Waals surface area contributed by atoms with Crippen molar-refractivity contribution in [3.63, 3.8) is 0 Å². The van der Waals surface area contributed by atoms with E-state index in [1.807, 2.05) is 4.90 Å². The maximum Gasteiger partial charge on any atom is 0.223 e. The molecule has 0 aliphatic carbocycles. The summed E-state index contributed by atoms with van der Waals surface area (Å²) in [5.74, 6) is 0.332. The second-order valence-corrected chi connectivity index (χ2v) is 5.00. The smallest absolute Gasteiger partial charge is 0.223 e. The lowest BCUT2D eigenvalue weighted by molar-refractivity contribution is -0.133. The van der Waals surface area contributed by atoms with Crippen molar-refractivity contribution >= 4 is 5.91 Å². The molecule has 1 aliphatic heterocycles. The van der Waals surface area contributed by atoms with Gasteiger partial charge in [-0.3, -0.25) is 9.69 Å². The third-order valence-electron chi connectivity index (χ3n) is 3.80. The molecule has 1 saturated heterocycles. The van der Waals surface area contributed by atoms with Gasteiger partial charge in [0.1, 0.15) is 0 Å². The van der Waals surface area contributed by atoms with Crippen molar-refractivity contribution < 1.29 is 4.79 Å². The molecule has 0 aromatic carbocycles. The lowest BCUT2D eigenvalue weighted by atomic mass is 10.2. The van der Waals surface area contributed by atoms with Crippen LogP contribution in [0.1, 0.15) is 33.6 Å². The van der Waals surface area contributed by atoms with E-state index in [4.69, 9.17) is 0 Å². The summed E-state index contributed by atoms with van der Waals surface area (Å²) in [4.78, 5) is 18.9. The minimum Gasteiger partial charge on any atom is -0.340 e. The molecule has 0 bridgehead atoms. The van der Waals surface area contributed by atoms with Crippen LogP contribution in [-0.4, -0.2) is 73.0 Å². The Morgan fingerprint density at radius 1 is 1.06 bits per heavy atom. The van der Waals surface area contributed by atoms with Crippen LogP contribution in [0.5, 0.6) is 0 Å². The number of rotatable bonds is 7. The minimum atomic E-state index is 0.332. The van der Waals surface area contributed by atoms with Crippen molar-refractivity contribution in [1.82, 2.24) is 14.7 Å². The Bertz CT molecular complexity index is 233. The minimum absolute atomic E-state index is 0.332. The fourth-order valence-corrected chi connectivity index (χ4v) is 2.49. The van der Waals surface area contributed by atoms with E-state index in [-0.39, 0.29) is 0 Å². The summed E-state index contributed by atoms with van der Waals surface area (Å²) in [7, 11) is 0. The Morgan fingerprint density at radius 2 is 1.67 bits per heavy atom. The summed E-state index contributed by atoms with van der Waals surface area (Å²) >= 11 is 0. The highest BCUT2D eigenvalue weighted by atomic mass is 16.2. The Kier molecular flexibility index (Phi) is 7.28. The molecule has 0 saturated carbocycles. The standard InChI is InChI=1S/C14H29N3O/c1-4-8-16-10-12-17(13-11-16)14(18)7-9-15(5-2)6-3/h4-13H2,1-3H3. The quantitative estimate of drug-likeness (QED) is 0.685. The largest absolute Gasteiger partial charge is 0.340 e. The topological polar surface area (TPSA) is 26.8 Å². The van der Waals surface area contributed by atoms with Crippen molar-refractivity contribution in [2.75, 3.05) is 52.4 Å². The Balaban J connectivity index is 2.23. The SMILES string of the molecule is CCCN1CCN(C(=O)CCN(CC)CC)CC1. The van der Waals surface area contributed by atoms with Gasteiger partial charge in [0.2, 0.25) is 5.91 Å². The molecular weight excluding hydrogens is 226 g/mol. The number of amides is 1. The molecule has 0 N–H and O–H groups in total. The number of hydrogen-bond donors (Lipinski definition) is 0. The Hall–Kier alpha value is -0.610. The second kappa shape index (κ2) is 8.48. The van der Waals surface area contributed by atoms with Crippen LogP contribution in [0.3, 0.4) is 0 Å². The van der Waals surface area contributed by atoms with Gasteiger partial charge >= 0.3 is 0 Å². The van der Waals surface area contributed by atoms with E-state index in [2.05, 4.69) is 30.6 Å². The zero-order valence-corrected chi connectivity index (χ0v) is 12.3. The van der Waals surface area contributed by atoms with E-state index in [1.165, 1.54) is 13.0 Å². The molecule has 1 amide bonds. The summed E-state index contributed by atoms with van der Waals surface area (Å²) in [5.41, 5.74) is 0. The zero-order chi connectivity index (χ0) is 13.4. The van der Waals surface area contributed by atoms with Gasteiger partial charge in [-0.05, 0) is 26.1 Å². The van der Waals surface area contributed by atoms with Crippen molar-refractivity contribution in [2.24, 2.45) is 0 Å². The predicted molar refractivity (Wildman–Crippen MR) is 75.7 cm³/mol. The van der Waals surface area contributed by atoms with E-state index < -0.39 is 0 Å². The third-order valence-corrected chi connectivity index (χ3v) is 3.80. The van der Waals surface area contributed by atoms with Gasteiger partial charge in [0, 0.05) is 39.1 Å². The molecule has 0 radical (unpaired) electrons. The molecule has 1 rings (SSSR count). The molecule has 0 aromatic heterocycles. The third kappa shape index (κ3) is 4.94. The number of carbonyl (C=O) groups excluding carboxylic acids is 1. The molecular formula is C14H29N3O. The summed E-state index contributed by atoms with van der Waals surface area (Å²) in [5, 5.41) is 0. The highest BCUT2D eigenvalue weighted by Crippen LogP contribution is 2.05. The molecule has 0 unspecified atom stereocenters. The van der Waals surface area contributed by atoms with Crippen LogP contribution in [0.15, 0.2) is 0 Å². The van der Waals surface area contributed by atoms with Crippen molar-refractivity contribution in [2.45, 2.75) is 33.6 Å². The van der Waals surface area contributed by atoms with E-state index in [0.717, 1.165) is 45.8 Å². The van der Waals surface area contributed by atoms with E-state index in [1.54, 1.807) is 0 Å². The van der Waals surface area contributed by atoms with Gasteiger partial charge in [0.05, 0.1) is 0 Å². The van der Waals surface area contributed by atoms with Crippen LogP contribution in [-0.2, 0) is 4.79 Å². The van der Waals surface area contributed by atoms with E-state index >= 15 is 0 Å². The number of piperazine rings is 1. The van der Waals surface area contributed by atoms with Crippen LogP contribution in [0.4, 0.5) is 0 Å². The lowest BCUT2D eigenvalue weighted by Gasteiger charge is -2.35. The molecule has 106 valence electrons. The van der Waals surface area contributed by atoms with Gasteiger partial charge in [-0.15, -0.1) is 0 Å². The Labute approximate surface area is 112 Å². The highest BCUT2D eigenvalue weighted by Gasteiger charge is 2.20. The van der Waals surface area contributed by atoms with Crippen LogP contribution in [0.25, 0.3) is 0 Å². The molecule has 1 aliphatic rings. The first kappa shape index (κ1) is 15.4. The number of nitrogens with zero attached hydrogens (tertiary/aromatic N) is 3. The predicted octanol–water partition coefficient (Wildman–Crippen LogP) is 1.27. The fourth-order valence-electron chi connectivity index (χ4n) is 2.49. The summed E-state index contributed by atoms with van der Waals surface area (Å²) in [6, 6.07) is 0. The number of carbonyl (C=O) groups is 1. The van der Waals surface area contributed by atoms with Gasteiger partial charge in [-0.1, -0.05) is 20.8 Å². The van der Waals surface area contributed by atoms with E-state index in [9.17, 15) is 4.79 Å². The van der Waals surface area contributed by atoms with Gasteiger partial charge in [-0.2, -0.15) is 0 Å². The summed E-state index contributed by atoms with van der Waals surface area (Å²) < 4.78 is 0. The maximum absolute atomic E-state index is 12.1. The average molecular weight is 255 g/mol. The van der Waals surface area contributed by atoms with E-state index in [0.29, 0.717) is 12.3 Å². The summed E-state index contributed by atoms with van der Waals surface area (Å²) in [6.45, 7) is 14.6. The zero-order valence-electron chi connectivity index (χ0n) is 12.3. The first-order chi connectivity index (χ1) is 8.71. The maximum atomic E-state index is 12.1. The molecule has 1 heterocycles. The average Bonchev–Trinajstić information content (AvgIpc) is 2.41. The lowest BCUT2D eigenvalue weighted by Crippen LogP contribution is -2.49. The van der Waals surface area contributed by atoms with Gasteiger partial charge in [-0.25, -0.2) is 0 Å². The molecule has 1 fully saturated rings. The normalized spacial score (nSPS) is 17.4. The molecule has 0 atom stereocenters. The molecule has 0 spiro atoms. The number of hydrogen-bond acceptors (Lipinski definition) is 3. The van der Waals surface area contributed by atoms with Gasteiger partial charge in [0.15, 0.2) is 0 Å². The highest BCUT2D eigenvalue weighted by molar-refractivity contribution is 5.76. The molecule has 0 aromatic rings. The van der Waals surface area contributed by atoms with Crippen molar-refractivity contribution in [3.05, 3.63) is 0 Å². The fraction of sp³-hybridized carbons (Fsp3) is 0.929. The van der Waals surface area contributed by atoms with Gasteiger partial charge in [0.25, 0.3) is 0 Å². The van der Waals surface area contributed by atoms with Crippen LogP contribution in [0, 0.1) is 0 Å². The van der Waals surface area contributed by atoms with Crippen LogP contribution in [0.2, 0.25) is 0 Å². The van der Waals surface area contributed by atoms with Crippen LogP contribution >= 0.6 is 0 Å². The van der Waals surface area contributed by atoms with Gasteiger partial charge < -0.3 is 9.80 Å². The summed E-state index contributed by atoms with van der Waals surface area (Å²) in [6.07, 6.45) is 1.88. The Morgan fingerprint density at radius 3 is 2.17 bits per heavy atom. The molecule has 18 heavy (non-hydrogen) atoms. The monoisotopic (exact) mass is 255 g/mol. The first-order valence-corrected chi connectivity index (χ1v) is 7.43. The van der Waals surface area contributed by atoms with Crippen LogP contribution < -0.4 is 0 Å². The molecule has 4 heteroatoms. The first-order valence-electron chi connectivity index (χ1n) is 7.43.